The van der Waals surface area contributed by atoms with Gasteiger partial charge in [-0.15, -0.1) is 0 Å². The van der Waals surface area contributed by atoms with E-state index < -0.39 is 6.10 Å². The Labute approximate surface area is 99.5 Å². The van der Waals surface area contributed by atoms with Crippen molar-refractivity contribution in [2.75, 3.05) is 18.8 Å². The SMILES string of the molecule is Nc1ccc(C(=O)N2CCCC(O)C2)cc1O. The highest BCUT2D eigenvalue weighted by Crippen LogP contribution is 2.22. The van der Waals surface area contributed by atoms with Gasteiger partial charge in [-0.1, -0.05) is 0 Å². The van der Waals surface area contributed by atoms with Crippen molar-refractivity contribution in [2.45, 2.75) is 18.9 Å². The quantitative estimate of drug-likeness (QED) is 0.491. The van der Waals surface area contributed by atoms with Gasteiger partial charge in [0, 0.05) is 18.7 Å². The van der Waals surface area contributed by atoms with Gasteiger partial charge in [-0.25, -0.2) is 0 Å². The van der Waals surface area contributed by atoms with Crippen molar-refractivity contribution in [3.63, 3.8) is 0 Å². The number of aromatic hydroxyl groups is 1. The van der Waals surface area contributed by atoms with Crippen molar-refractivity contribution in [3.05, 3.63) is 23.8 Å². The maximum absolute atomic E-state index is 12.1. The van der Waals surface area contributed by atoms with E-state index in [0.29, 0.717) is 18.7 Å². The van der Waals surface area contributed by atoms with E-state index in [1.54, 1.807) is 11.0 Å². The molecule has 0 bridgehead atoms. The van der Waals surface area contributed by atoms with Crippen molar-refractivity contribution in [1.29, 1.82) is 0 Å². The van der Waals surface area contributed by atoms with Crippen LogP contribution in [0.25, 0.3) is 0 Å². The van der Waals surface area contributed by atoms with Crippen LogP contribution in [0.15, 0.2) is 18.2 Å². The van der Waals surface area contributed by atoms with E-state index in [1.807, 2.05) is 0 Å². The molecule has 0 aliphatic carbocycles. The van der Waals surface area contributed by atoms with Crippen LogP contribution in [0.1, 0.15) is 23.2 Å². The number of nitrogens with zero attached hydrogens (tertiary/aromatic N) is 1. The van der Waals surface area contributed by atoms with E-state index in [4.69, 9.17) is 5.73 Å². The Kier molecular flexibility index (Phi) is 3.19. The Hall–Kier alpha value is -1.75. The number of anilines is 1. The molecule has 5 heteroatoms. The predicted octanol–water partition coefficient (Wildman–Crippen LogP) is 0.571. The molecule has 1 fully saturated rings. The topological polar surface area (TPSA) is 86.8 Å². The molecule has 1 aromatic carbocycles. The summed E-state index contributed by atoms with van der Waals surface area (Å²) in [6, 6.07) is 4.44. The number of benzene rings is 1. The first-order valence-electron chi connectivity index (χ1n) is 5.64. The summed E-state index contributed by atoms with van der Waals surface area (Å²) in [6.45, 7) is 0.991. The zero-order valence-corrected chi connectivity index (χ0v) is 9.47. The van der Waals surface area contributed by atoms with Gasteiger partial charge < -0.3 is 20.8 Å². The number of β-amino-alcohol motifs (C(OH)–C–C–N with tert-alkyl or cyclic N) is 1. The third-order valence-corrected chi connectivity index (χ3v) is 2.96. The number of nitrogen functional groups attached to an aromatic ring is 1. The lowest BCUT2D eigenvalue weighted by Gasteiger charge is -2.30. The van der Waals surface area contributed by atoms with Gasteiger partial charge in [0.15, 0.2) is 0 Å². The summed E-state index contributed by atoms with van der Waals surface area (Å²) in [5.41, 5.74) is 6.12. The lowest BCUT2D eigenvalue weighted by atomic mass is 10.1. The second-order valence-corrected chi connectivity index (χ2v) is 4.32. The monoisotopic (exact) mass is 236 g/mol. The summed E-state index contributed by atoms with van der Waals surface area (Å²) in [5, 5.41) is 19.0. The number of rotatable bonds is 1. The number of nitrogens with two attached hydrogens (primary N) is 1. The number of carbonyl (C=O) groups is 1. The molecule has 92 valence electrons. The van der Waals surface area contributed by atoms with Crippen molar-refractivity contribution in [1.82, 2.24) is 4.90 Å². The van der Waals surface area contributed by atoms with Crippen LogP contribution in [-0.2, 0) is 0 Å². The van der Waals surface area contributed by atoms with Crippen LogP contribution in [0.2, 0.25) is 0 Å². The van der Waals surface area contributed by atoms with Crippen LogP contribution in [0, 0.1) is 0 Å². The minimum Gasteiger partial charge on any atom is -0.506 e. The molecule has 1 aromatic rings. The van der Waals surface area contributed by atoms with Gasteiger partial charge in [-0.3, -0.25) is 4.79 Å². The summed E-state index contributed by atoms with van der Waals surface area (Å²) in [5.74, 6) is -0.271. The lowest BCUT2D eigenvalue weighted by Crippen LogP contribution is -2.42. The Morgan fingerprint density at radius 3 is 2.88 bits per heavy atom. The van der Waals surface area contributed by atoms with Gasteiger partial charge in [0.2, 0.25) is 0 Å². The number of likely N-dealkylation sites (tertiary alicyclic amines) is 1. The molecule has 0 spiro atoms. The smallest absolute Gasteiger partial charge is 0.254 e. The second kappa shape index (κ2) is 4.63. The fourth-order valence-electron chi connectivity index (χ4n) is 2.00. The Bertz CT molecular complexity index is 434. The molecule has 0 aromatic heterocycles. The third kappa shape index (κ3) is 2.50. The molecule has 1 atom stereocenters. The number of phenols is 1. The number of aliphatic hydroxyl groups excluding tert-OH is 1. The Morgan fingerprint density at radius 2 is 2.24 bits per heavy atom. The Balaban J connectivity index is 2.15. The zero-order valence-electron chi connectivity index (χ0n) is 9.47. The number of piperidine rings is 1. The molecular weight excluding hydrogens is 220 g/mol. The first-order valence-corrected chi connectivity index (χ1v) is 5.64. The van der Waals surface area contributed by atoms with Crippen LogP contribution in [-0.4, -0.2) is 40.2 Å². The van der Waals surface area contributed by atoms with Gasteiger partial charge in [-0.2, -0.15) is 0 Å². The molecule has 0 saturated carbocycles. The third-order valence-electron chi connectivity index (χ3n) is 2.96. The van der Waals surface area contributed by atoms with Gasteiger partial charge in [-0.05, 0) is 31.0 Å². The molecular formula is C12H16N2O3. The van der Waals surface area contributed by atoms with Gasteiger partial charge in [0.05, 0.1) is 11.8 Å². The highest BCUT2D eigenvalue weighted by Gasteiger charge is 2.23. The average Bonchev–Trinajstić information content (AvgIpc) is 2.32. The van der Waals surface area contributed by atoms with Crippen molar-refractivity contribution in [2.24, 2.45) is 0 Å². The molecule has 1 aliphatic heterocycles. The minimum absolute atomic E-state index is 0.0894. The van der Waals surface area contributed by atoms with Gasteiger partial charge in [0.25, 0.3) is 5.91 Å². The second-order valence-electron chi connectivity index (χ2n) is 4.32. The number of amides is 1. The minimum atomic E-state index is -0.449. The van der Waals surface area contributed by atoms with E-state index >= 15 is 0 Å². The summed E-state index contributed by atoms with van der Waals surface area (Å²) in [4.78, 5) is 13.7. The number of hydrogen-bond donors (Lipinski definition) is 3. The van der Waals surface area contributed by atoms with Crippen molar-refractivity contribution >= 4 is 11.6 Å². The maximum Gasteiger partial charge on any atom is 0.254 e. The molecule has 17 heavy (non-hydrogen) atoms. The summed E-state index contributed by atoms with van der Waals surface area (Å²) < 4.78 is 0. The molecule has 1 heterocycles. The van der Waals surface area contributed by atoms with Crippen LogP contribution < -0.4 is 5.73 Å². The van der Waals surface area contributed by atoms with Crippen LogP contribution >= 0.6 is 0 Å². The summed E-state index contributed by atoms with van der Waals surface area (Å²) in [6.07, 6.45) is 1.08. The first kappa shape index (κ1) is 11.7. The first-order chi connectivity index (χ1) is 8.08. The van der Waals surface area contributed by atoms with E-state index in [2.05, 4.69) is 0 Å². The number of carbonyl (C=O) groups excluding carboxylic acids is 1. The highest BCUT2D eigenvalue weighted by atomic mass is 16.3. The number of phenolic OH excluding ortho intramolecular Hbond substituents is 1. The number of aliphatic hydroxyl groups is 1. The maximum atomic E-state index is 12.1. The molecule has 1 amide bonds. The molecule has 4 N–H and O–H groups in total. The summed E-state index contributed by atoms with van der Waals surface area (Å²) >= 11 is 0. The Morgan fingerprint density at radius 1 is 1.47 bits per heavy atom. The van der Waals surface area contributed by atoms with E-state index in [9.17, 15) is 15.0 Å². The highest BCUT2D eigenvalue weighted by molar-refractivity contribution is 5.95. The average molecular weight is 236 g/mol. The van der Waals surface area contributed by atoms with Crippen molar-refractivity contribution < 1.29 is 15.0 Å². The van der Waals surface area contributed by atoms with Crippen molar-refractivity contribution in [3.8, 4) is 5.75 Å². The van der Waals surface area contributed by atoms with Gasteiger partial charge in [0.1, 0.15) is 5.75 Å². The molecule has 2 rings (SSSR count). The lowest BCUT2D eigenvalue weighted by molar-refractivity contribution is 0.0473. The number of hydrogen-bond acceptors (Lipinski definition) is 4. The molecule has 1 saturated heterocycles. The van der Waals surface area contributed by atoms with E-state index in [0.717, 1.165) is 12.8 Å². The fourth-order valence-corrected chi connectivity index (χ4v) is 2.00. The van der Waals surface area contributed by atoms with Crippen LogP contribution in [0.5, 0.6) is 5.75 Å². The zero-order chi connectivity index (χ0) is 12.4. The van der Waals surface area contributed by atoms with Crippen LogP contribution in [0.3, 0.4) is 0 Å². The molecule has 5 nitrogen and oxygen atoms in total. The summed E-state index contributed by atoms with van der Waals surface area (Å²) in [7, 11) is 0. The molecule has 1 unspecified atom stereocenters. The molecule has 0 radical (unpaired) electrons. The normalized spacial score (nSPS) is 20.3. The van der Waals surface area contributed by atoms with Crippen LogP contribution in [0.4, 0.5) is 5.69 Å². The van der Waals surface area contributed by atoms with E-state index in [1.165, 1.54) is 12.1 Å². The largest absolute Gasteiger partial charge is 0.506 e. The fraction of sp³-hybridized carbons (Fsp3) is 0.417. The van der Waals surface area contributed by atoms with Gasteiger partial charge >= 0.3 is 0 Å². The van der Waals surface area contributed by atoms with E-state index in [-0.39, 0.29) is 17.3 Å². The molecule has 1 aliphatic rings. The standard InChI is InChI=1S/C12H16N2O3/c13-10-4-3-8(6-11(10)16)12(17)14-5-1-2-9(15)7-14/h3-4,6,9,15-16H,1-2,5,7,13H2. The predicted molar refractivity (Wildman–Crippen MR) is 63.7 cm³/mol.